The van der Waals surface area contributed by atoms with Crippen molar-refractivity contribution in [1.29, 1.82) is 0 Å². The molecule has 1 fully saturated rings. The molecule has 5 nitrogen and oxygen atoms in total. The number of nitrogens with zero attached hydrogens (tertiary/aromatic N) is 3. The van der Waals surface area contributed by atoms with E-state index in [0.717, 1.165) is 17.0 Å². The van der Waals surface area contributed by atoms with Crippen molar-refractivity contribution in [2.75, 3.05) is 12.4 Å². The van der Waals surface area contributed by atoms with Crippen molar-refractivity contribution in [3.63, 3.8) is 0 Å². The van der Waals surface area contributed by atoms with Crippen LogP contribution in [-0.4, -0.2) is 28.1 Å². The summed E-state index contributed by atoms with van der Waals surface area (Å²) < 4.78 is 5.06. The molecule has 0 bridgehead atoms. The molecule has 0 aromatic carbocycles. The summed E-state index contributed by atoms with van der Waals surface area (Å²) >= 11 is 0. The van der Waals surface area contributed by atoms with Crippen LogP contribution in [0.25, 0.3) is 11.1 Å². The quantitative estimate of drug-likeness (QED) is 0.935. The molecule has 22 heavy (non-hydrogen) atoms. The van der Waals surface area contributed by atoms with Crippen LogP contribution in [0.2, 0.25) is 0 Å². The Morgan fingerprint density at radius 2 is 1.64 bits per heavy atom. The lowest BCUT2D eigenvalue weighted by atomic mass is 9.87. The highest BCUT2D eigenvalue weighted by Gasteiger charge is 2.18. The lowest BCUT2D eigenvalue weighted by Crippen LogP contribution is -2.26. The molecule has 0 unspecified atom stereocenters. The Morgan fingerprint density at radius 1 is 0.955 bits per heavy atom. The smallest absolute Gasteiger partial charge is 0.222 e. The molecule has 0 amide bonds. The maximum Gasteiger partial charge on any atom is 0.222 e. The van der Waals surface area contributed by atoms with E-state index >= 15 is 0 Å². The number of rotatable bonds is 4. The summed E-state index contributed by atoms with van der Waals surface area (Å²) in [5, 5.41) is 3.44. The number of pyridine rings is 1. The van der Waals surface area contributed by atoms with Crippen molar-refractivity contribution in [3.8, 4) is 17.0 Å². The molecule has 1 aliphatic rings. The summed E-state index contributed by atoms with van der Waals surface area (Å²) in [7, 11) is 1.61. The van der Waals surface area contributed by atoms with E-state index in [9.17, 15) is 0 Å². The van der Waals surface area contributed by atoms with Gasteiger partial charge in [0.25, 0.3) is 0 Å². The molecule has 5 heteroatoms. The fraction of sp³-hybridized carbons (Fsp3) is 0.471. The van der Waals surface area contributed by atoms with E-state index in [2.05, 4.69) is 27.2 Å². The lowest BCUT2D eigenvalue weighted by molar-refractivity contribution is 0.360. The zero-order valence-electron chi connectivity index (χ0n) is 13.1. The van der Waals surface area contributed by atoms with Crippen LogP contribution < -0.4 is 10.1 Å². The largest absolute Gasteiger partial charge is 0.481 e. The van der Waals surface area contributed by atoms with Crippen molar-refractivity contribution in [3.05, 3.63) is 30.7 Å². The third-order valence-corrected chi connectivity index (χ3v) is 4.28. The van der Waals surface area contributed by atoms with Gasteiger partial charge in [0.1, 0.15) is 0 Å². The maximum absolute atomic E-state index is 5.06. The molecule has 116 valence electrons. The number of ether oxygens (including phenoxy) is 1. The van der Waals surface area contributed by atoms with Crippen LogP contribution in [0.5, 0.6) is 5.88 Å². The van der Waals surface area contributed by atoms with Gasteiger partial charge in [-0.1, -0.05) is 6.92 Å². The molecule has 0 atom stereocenters. The van der Waals surface area contributed by atoms with Gasteiger partial charge in [-0.3, -0.25) is 0 Å². The monoisotopic (exact) mass is 298 g/mol. The van der Waals surface area contributed by atoms with E-state index in [-0.39, 0.29) is 0 Å². The first-order chi connectivity index (χ1) is 10.7. The third kappa shape index (κ3) is 3.53. The van der Waals surface area contributed by atoms with Crippen molar-refractivity contribution < 1.29 is 4.74 Å². The molecular weight excluding hydrogens is 276 g/mol. The van der Waals surface area contributed by atoms with Crippen LogP contribution in [-0.2, 0) is 0 Å². The highest BCUT2D eigenvalue weighted by molar-refractivity contribution is 5.61. The van der Waals surface area contributed by atoms with Crippen LogP contribution in [0.15, 0.2) is 30.7 Å². The Balaban J connectivity index is 1.64. The predicted octanol–water partition coefficient (Wildman–Crippen LogP) is 3.54. The summed E-state index contributed by atoms with van der Waals surface area (Å²) in [6.45, 7) is 2.32. The Bertz CT molecular complexity index is 589. The Hall–Kier alpha value is -2.17. The van der Waals surface area contributed by atoms with Gasteiger partial charge in [0, 0.05) is 41.8 Å². The standard InChI is InChI=1S/C17H22N4O/c1-12-3-6-15(7-4-12)21-17-19-10-14(11-20-17)13-5-8-16(22-2)18-9-13/h5,8-12,15H,3-4,6-7H2,1-2H3,(H,19,20,21)/t12-,15-. The van der Waals surface area contributed by atoms with Gasteiger partial charge >= 0.3 is 0 Å². The molecular formula is C17H22N4O. The molecule has 1 aliphatic carbocycles. The zero-order chi connectivity index (χ0) is 15.4. The maximum atomic E-state index is 5.06. The van der Waals surface area contributed by atoms with Gasteiger partial charge in [-0.15, -0.1) is 0 Å². The normalized spacial score (nSPS) is 21.4. The number of hydrogen-bond donors (Lipinski definition) is 1. The lowest BCUT2D eigenvalue weighted by Gasteiger charge is -2.26. The van der Waals surface area contributed by atoms with Crippen molar-refractivity contribution in [2.45, 2.75) is 38.6 Å². The number of nitrogens with one attached hydrogen (secondary N) is 1. The molecule has 1 saturated carbocycles. The number of methoxy groups -OCH3 is 1. The minimum Gasteiger partial charge on any atom is -0.481 e. The second kappa shape index (κ2) is 6.73. The summed E-state index contributed by atoms with van der Waals surface area (Å²) in [6.07, 6.45) is 10.4. The fourth-order valence-corrected chi connectivity index (χ4v) is 2.81. The minimum absolute atomic E-state index is 0.504. The van der Waals surface area contributed by atoms with Gasteiger partial charge < -0.3 is 10.1 Å². The number of aromatic nitrogens is 3. The van der Waals surface area contributed by atoms with E-state index in [4.69, 9.17) is 4.74 Å². The average Bonchev–Trinajstić information content (AvgIpc) is 2.58. The van der Waals surface area contributed by atoms with Crippen LogP contribution in [0, 0.1) is 5.92 Å². The van der Waals surface area contributed by atoms with Gasteiger partial charge in [0.05, 0.1) is 7.11 Å². The van der Waals surface area contributed by atoms with Crippen LogP contribution in [0.4, 0.5) is 5.95 Å². The SMILES string of the molecule is COc1ccc(-c2cnc(N[C@H]3CC[C@H](C)CC3)nc2)cn1. The van der Waals surface area contributed by atoms with Crippen LogP contribution >= 0.6 is 0 Å². The Labute approximate surface area is 131 Å². The van der Waals surface area contributed by atoms with Gasteiger partial charge in [-0.05, 0) is 37.7 Å². The molecule has 2 aromatic rings. The van der Waals surface area contributed by atoms with Crippen molar-refractivity contribution in [2.24, 2.45) is 5.92 Å². The first-order valence-electron chi connectivity index (χ1n) is 7.83. The summed E-state index contributed by atoms with van der Waals surface area (Å²) in [5.41, 5.74) is 1.94. The molecule has 0 saturated heterocycles. The van der Waals surface area contributed by atoms with E-state index in [1.807, 2.05) is 24.5 Å². The van der Waals surface area contributed by atoms with E-state index in [1.54, 1.807) is 13.3 Å². The zero-order valence-corrected chi connectivity index (χ0v) is 13.1. The molecule has 3 rings (SSSR count). The highest BCUT2D eigenvalue weighted by Crippen LogP contribution is 2.25. The Morgan fingerprint density at radius 3 is 2.23 bits per heavy atom. The van der Waals surface area contributed by atoms with Crippen LogP contribution in [0.3, 0.4) is 0 Å². The summed E-state index contributed by atoms with van der Waals surface area (Å²) in [5.74, 6) is 2.17. The summed E-state index contributed by atoms with van der Waals surface area (Å²) in [6, 6.07) is 4.30. The Kier molecular flexibility index (Phi) is 4.51. The molecule has 0 spiro atoms. The van der Waals surface area contributed by atoms with Crippen molar-refractivity contribution in [1.82, 2.24) is 15.0 Å². The predicted molar refractivity (Wildman–Crippen MR) is 86.9 cm³/mol. The second-order valence-electron chi connectivity index (χ2n) is 5.99. The van der Waals surface area contributed by atoms with E-state index in [0.29, 0.717) is 17.9 Å². The van der Waals surface area contributed by atoms with E-state index in [1.165, 1.54) is 25.7 Å². The average molecular weight is 298 g/mol. The van der Waals surface area contributed by atoms with E-state index < -0.39 is 0 Å². The number of hydrogen-bond acceptors (Lipinski definition) is 5. The fourth-order valence-electron chi connectivity index (χ4n) is 2.81. The molecule has 0 radical (unpaired) electrons. The molecule has 1 N–H and O–H groups in total. The molecule has 2 heterocycles. The number of anilines is 1. The van der Waals surface area contributed by atoms with Gasteiger partial charge in [-0.25, -0.2) is 15.0 Å². The topological polar surface area (TPSA) is 59.9 Å². The minimum atomic E-state index is 0.504. The van der Waals surface area contributed by atoms with Crippen LogP contribution in [0.1, 0.15) is 32.6 Å². The highest BCUT2D eigenvalue weighted by atomic mass is 16.5. The second-order valence-corrected chi connectivity index (χ2v) is 5.99. The first-order valence-corrected chi connectivity index (χ1v) is 7.83. The van der Waals surface area contributed by atoms with Gasteiger partial charge in [0.15, 0.2) is 0 Å². The van der Waals surface area contributed by atoms with Crippen molar-refractivity contribution >= 4 is 5.95 Å². The molecule has 2 aromatic heterocycles. The summed E-state index contributed by atoms with van der Waals surface area (Å²) in [4.78, 5) is 13.1. The first kappa shape index (κ1) is 14.8. The van der Waals surface area contributed by atoms with Gasteiger partial charge in [0.2, 0.25) is 11.8 Å². The molecule has 0 aliphatic heterocycles. The van der Waals surface area contributed by atoms with Gasteiger partial charge in [-0.2, -0.15) is 0 Å². The third-order valence-electron chi connectivity index (χ3n) is 4.28.